The summed E-state index contributed by atoms with van der Waals surface area (Å²) in [4.78, 5) is 0. The molecule has 0 unspecified atom stereocenters. The van der Waals surface area contributed by atoms with E-state index in [-0.39, 0.29) is 96.3 Å². The Labute approximate surface area is 94.7 Å². The first kappa shape index (κ1) is 43.0. The van der Waals surface area contributed by atoms with Gasteiger partial charge in [-0.15, -0.1) is 0 Å². The maximum absolute atomic E-state index is 0. The van der Waals surface area contributed by atoms with Crippen molar-refractivity contribution >= 4 is 17.4 Å². The van der Waals surface area contributed by atoms with Crippen LogP contribution in [0.3, 0.4) is 0 Å². The van der Waals surface area contributed by atoms with Crippen LogP contribution < -0.4 is 0 Å². The zero-order valence-electron chi connectivity index (χ0n) is 1.84. The molecule has 5 heavy (non-hydrogen) atoms. The predicted molar refractivity (Wildman–Crippen MR) is 5.75 cm³/mol. The predicted octanol–water partition coefficient (Wildman–Crippen LogP) is -0.391. The fourth-order valence-corrected chi connectivity index (χ4v) is 0. The molecule has 0 saturated heterocycles. The van der Waals surface area contributed by atoms with Crippen molar-refractivity contribution in [2.75, 3.05) is 0 Å². The van der Waals surface area contributed by atoms with Crippen molar-refractivity contribution in [3.8, 4) is 0 Å². The van der Waals surface area contributed by atoms with Gasteiger partial charge in [-0.05, 0) is 0 Å². The smallest absolute Gasteiger partial charge is 0 e. The first-order valence-electron chi connectivity index (χ1n) is 0. The maximum atomic E-state index is 0. The minimum Gasteiger partial charge on any atom is 0 e. The summed E-state index contributed by atoms with van der Waals surface area (Å²) in [5.74, 6) is 0. The minimum atomic E-state index is 0. The summed E-state index contributed by atoms with van der Waals surface area (Å²) in [6, 6.07) is 0. The molecule has 0 aliphatic carbocycles. The van der Waals surface area contributed by atoms with Gasteiger partial charge in [-0.25, -0.2) is 0 Å². The topological polar surface area (TPSA) is 0 Å². The Balaban J connectivity index is 0. The second kappa shape index (κ2) is 27.7. The van der Waals surface area contributed by atoms with Crippen LogP contribution in [0.25, 0.3) is 0 Å². The molecule has 0 aromatic rings. The van der Waals surface area contributed by atoms with E-state index in [0.29, 0.717) is 0 Å². The van der Waals surface area contributed by atoms with Crippen LogP contribution in [-0.2, 0) is 78.9 Å². The molecule has 0 aliphatic heterocycles. The zero-order valence-corrected chi connectivity index (χ0v) is 8.68. The van der Waals surface area contributed by atoms with Crippen molar-refractivity contribution < 1.29 is 78.9 Å². The quantitative estimate of drug-likeness (QED) is 0.441. The Morgan fingerprint density at radius 3 is 1.00 bits per heavy atom. The van der Waals surface area contributed by atoms with Gasteiger partial charge in [-0.2, -0.15) is 0 Å². The van der Waals surface area contributed by atoms with Crippen LogP contribution in [0.5, 0.6) is 0 Å². The molecular formula is AgAlAuCuFe. The van der Waals surface area contributed by atoms with Crippen molar-refractivity contribution in [1.29, 1.82) is 0 Å². The molecule has 0 rings (SSSR count). The zero-order chi connectivity index (χ0) is 0. The van der Waals surface area contributed by atoms with Crippen molar-refractivity contribution in [3.05, 3.63) is 0 Å². The largest absolute Gasteiger partial charge is 0 e. The first-order chi connectivity index (χ1) is 0. The average molecular weight is 451 g/mol. The normalized spacial score (nSPS) is 0. The van der Waals surface area contributed by atoms with Crippen molar-refractivity contribution in [2.24, 2.45) is 0 Å². The molecule has 6 radical (unpaired) electrons. The van der Waals surface area contributed by atoms with Gasteiger partial charge in [0.15, 0.2) is 0 Å². The molecule has 44 valence electrons. The molecule has 0 bridgehead atoms. The van der Waals surface area contributed by atoms with Gasteiger partial charge in [0.1, 0.15) is 0 Å². The second-order valence-electron chi connectivity index (χ2n) is 0. The van der Waals surface area contributed by atoms with E-state index >= 15 is 0 Å². The second-order valence-corrected chi connectivity index (χ2v) is 0. The van der Waals surface area contributed by atoms with Gasteiger partial charge < -0.3 is 0 Å². The van der Waals surface area contributed by atoms with E-state index < -0.39 is 0 Å². The molecule has 0 aliphatic rings. The molecule has 0 amide bonds. The van der Waals surface area contributed by atoms with E-state index in [1.807, 2.05) is 0 Å². The van der Waals surface area contributed by atoms with Gasteiger partial charge in [0.2, 0.25) is 0 Å². The summed E-state index contributed by atoms with van der Waals surface area (Å²) in [6.07, 6.45) is 0. The van der Waals surface area contributed by atoms with Gasteiger partial charge >= 0.3 is 0 Å². The third-order valence-corrected chi connectivity index (χ3v) is 0. The monoisotopic (exact) mass is 450 g/mol. The Kier molecular flexibility index (Phi) is 238. The van der Waals surface area contributed by atoms with E-state index in [9.17, 15) is 0 Å². The Morgan fingerprint density at radius 2 is 1.00 bits per heavy atom. The summed E-state index contributed by atoms with van der Waals surface area (Å²) in [5, 5.41) is 0. The standard InChI is InChI=1S/Ag.Al.Au.Cu.Fe. The Bertz CT molecular complexity index is 11.6. The molecule has 0 aromatic carbocycles. The number of rotatable bonds is 0. The SMILES string of the molecule is [Ag].[Al].[Au].[Cu].[Fe]. The number of hydrogen-bond donors (Lipinski definition) is 0. The summed E-state index contributed by atoms with van der Waals surface area (Å²) in [5.41, 5.74) is 0. The van der Waals surface area contributed by atoms with Gasteiger partial charge in [0.25, 0.3) is 0 Å². The summed E-state index contributed by atoms with van der Waals surface area (Å²) < 4.78 is 0. The molecule has 0 nitrogen and oxygen atoms in total. The fourth-order valence-electron chi connectivity index (χ4n) is 0. The molecular weight excluding hydrogens is 451 g/mol. The van der Waals surface area contributed by atoms with Crippen LogP contribution in [0.4, 0.5) is 0 Å². The summed E-state index contributed by atoms with van der Waals surface area (Å²) in [7, 11) is 0. The fraction of sp³-hybridized carbons (Fsp3) is 0. The van der Waals surface area contributed by atoms with E-state index in [2.05, 4.69) is 0 Å². The number of hydrogen-bond acceptors (Lipinski definition) is 0. The maximum Gasteiger partial charge on any atom is 0 e. The van der Waals surface area contributed by atoms with E-state index in [1.54, 1.807) is 0 Å². The Hall–Kier alpha value is 3.05. The van der Waals surface area contributed by atoms with E-state index in [0.717, 1.165) is 0 Å². The third kappa shape index (κ3) is 19.3. The molecule has 5 heteroatoms. The first-order valence-corrected chi connectivity index (χ1v) is 0. The molecule has 0 heterocycles. The molecule has 0 N–H and O–H groups in total. The summed E-state index contributed by atoms with van der Waals surface area (Å²) >= 11 is 0. The third-order valence-electron chi connectivity index (χ3n) is 0. The molecule has 0 saturated carbocycles. The molecule has 0 fully saturated rings. The van der Waals surface area contributed by atoms with E-state index in [1.165, 1.54) is 0 Å². The van der Waals surface area contributed by atoms with Crippen molar-refractivity contribution in [2.45, 2.75) is 0 Å². The van der Waals surface area contributed by atoms with Crippen molar-refractivity contribution in [3.63, 3.8) is 0 Å². The van der Waals surface area contributed by atoms with Crippen LogP contribution in [0.1, 0.15) is 0 Å². The van der Waals surface area contributed by atoms with Gasteiger partial charge in [0, 0.05) is 96.3 Å². The molecule has 0 spiro atoms. The molecule has 0 atom stereocenters. The average Bonchev–Trinajstić information content (AvgIpc) is 0. The van der Waals surface area contributed by atoms with Crippen LogP contribution >= 0.6 is 0 Å². The minimum absolute atomic E-state index is 0. The van der Waals surface area contributed by atoms with Gasteiger partial charge in [-0.3, -0.25) is 0 Å². The van der Waals surface area contributed by atoms with Crippen LogP contribution in [-0.4, -0.2) is 17.4 Å². The van der Waals surface area contributed by atoms with E-state index in [4.69, 9.17) is 0 Å². The van der Waals surface area contributed by atoms with Crippen molar-refractivity contribution in [1.82, 2.24) is 0 Å². The van der Waals surface area contributed by atoms with Crippen LogP contribution in [0.2, 0.25) is 0 Å². The molecule has 0 aromatic heterocycles. The van der Waals surface area contributed by atoms with Crippen LogP contribution in [0.15, 0.2) is 0 Å². The van der Waals surface area contributed by atoms with Gasteiger partial charge in [0.05, 0.1) is 0 Å². The Morgan fingerprint density at radius 1 is 1.00 bits per heavy atom. The summed E-state index contributed by atoms with van der Waals surface area (Å²) in [6.45, 7) is 0. The van der Waals surface area contributed by atoms with Crippen LogP contribution in [0, 0.1) is 0 Å². The van der Waals surface area contributed by atoms with Gasteiger partial charge in [-0.1, -0.05) is 0 Å².